The second-order valence-corrected chi connectivity index (χ2v) is 12.0. The van der Waals surface area contributed by atoms with Crippen LogP contribution in [0.3, 0.4) is 0 Å². The Kier molecular flexibility index (Phi) is 7.10. The van der Waals surface area contributed by atoms with E-state index in [1.165, 1.54) is 0 Å². The summed E-state index contributed by atoms with van der Waals surface area (Å²) in [5.74, 6) is 1.51. The van der Waals surface area contributed by atoms with E-state index >= 15 is 0 Å². The number of furan rings is 1. The molecule has 0 bridgehead atoms. The van der Waals surface area contributed by atoms with Gasteiger partial charge in [-0.15, -0.1) is 0 Å². The van der Waals surface area contributed by atoms with Gasteiger partial charge in [-0.3, -0.25) is 0 Å². The maximum Gasteiger partial charge on any atom is 0.160 e. The zero-order valence-electron chi connectivity index (χ0n) is 26.5. The van der Waals surface area contributed by atoms with Crippen molar-refractivity contribution in [3.8, 4) is 67.6 Å². The van der Waals surface area contributed by atoms with Gasteiger partial charge in [-0.25, -0.2) is 15.0 Å². The van der Waals surface area contributed by atoms with Gasteiger partial charge >= 0.3 is 0 Å². The summed E-state index contributed by atoms with van der Waals surface area (Å²) < 4.78 is 6.90. The summed E-state index contributed by atoms with van der Waals surface area (Å²) >= 11 is 0. The largest absolute Gasteiger partial charge is 0.455 e. The van der Waals surface area contributed by atoms with Gasteiger partial charge in [0.25, 0.3) is 0 Å². The second kappa shape index (κ2) is 12.2. The molecule has 0 atom stereocenters. The Labute approximate surface area is 284 Å². The average molecular weight is 628 g/mol. The summed E-state index contributed by atoms with van der Waals surface area (Å²) in [6, 6.07) is 60.0. The highest BCUT2D eigenvalue weighted by atomic mass is 16.3. The zero-order chi connectivity index (χ0) is 32.6. The van der Waals surface area contributed by atoms with Gasteiger partial charge in [0.2, 0.25) is 0 Å². The third-order valence-corrected chi connectivity index (χ3v) is 8.91. The maximum absolute atomic E-state index is 6.90. The highest BCUT2D eigenvalue weighted by molar-refractivity contribution is 6.16. The molecule has 9 aromatic rings. The number of para-hydroxylation sites is 1. The van der Waals surface area contributed by atoms with E-state index in [-0.39, 0.29) is 0 Å². The molecular weight excluding hydrogens is 599 g/mol. The molecule has 0 saturated carbocycles. The van der Waals surface area contributed by atoms with Crippen LogP contribution in [0, 0.1) is 0 Å². The van der Waals surface area contributed by atoms with Crippen molar-refractivity contribution < 1.29 is 4.42 Å². The van der Waals surface area contributed by atoms with E-state index in [0.29, 0.717) is 5.82 Å². The Bertz CT molecular complexity index is 2500. The van der Waals surface area contributed by atoms with Gasteiger partial charge in [0.05, 0.1) is 28.0 Å². The fourth-order valence-corrected chi connectivity index (χ4v) is 6.54. The Hall–Kier alpha value is -6.65. The monoisotopic (exact) mass is 627 g/mol. The zero-order valence-corrected chi connectivity index (χ0v) is 26.5. The summed E-state index contributed by atoms with van der Waals surface area (Å²) in [5, 5.41) is 1.98. The molecule has 0 unspecified atom stereocenters. The molecule has 4 heteroatoms. The number of fused-ring (bicyclic) bond motifs is 3. The van der Waals surface area contributed by atoms with Crippen LogP contribution in [0.1, 0.15) is 0 Å². The Balaban J connectivity index is 1.26. The molecule has 6 aromatic carbocycles. The lowest BCUT2D eigenvalue weighted by Gasteiger charge is -2.11. The van der Waals surface area contributed by atoms with E-state index in [1.807, 2.05) is 84.9 Å². The van der Waals surface area contributed by atoms with Crippen molar-refractivity contribution >= 4 is 21.9 Å². The molecule has 0 aliphatic rings. The van der Waals surface area contributed by atoms with E-state index < -0.39 is 0 Å². The van der Waals surface area contributed by atoms with Crippen molar-refractivity contribution in [2.75, 3.05) is 0 Å². The quantitative estimate of drug-likeness (QED) is 0.184. The maximum atomic E-state index is 6.90. The second-order valence-electron chi connectivity index (χ2n) is 12.0. The van der Waals surface area contributed by atoms with Gasteiger partial charge in [-0.2, -0.15) is 0 Å². The number of rotatable bonds is 6. The minimum Gasteiger partial charge on any atom is -0.455 e. The van der Waals surface area contributed by atoms with Crippen LogP contribution in [0.5, 0.6) is 0 Å². The molecule has 3 aromatic heterocycles. The Morgan fingerprint density at radius 1 is 0.388 bits per heavy atom. The van der Waals surface area contributed by atoms with Crippen LogP contribution in [0.2, 0.25) is 0 Å². The number of nitrogens with zero attached hydrogens (tertiary/aromatic N) is 3. The van der Waals surface area contributed by atoms with Crippen LogP contribution in [-0.2, 0) is 0 Å². The highest BCUT2D eigenvalue weighted by Gasteiger charge is 2.24. The molecule has 0 saturated heterocycles. The molecule has 0 amide bonds. The molecule has 0 radical (unpaired) electrons. The lowest BCUT2D eigenvalue weighted by Crippen LogP contribution is -1.96. The first-order valence-electron chi connectivity index (χ1n) is 16.4. The molecule has 49 heavy (non-hydrogen) atoms. The Morgan fingerprint density at radius 2 is 0.878 bits per heavy atom. The third kappa shape index (κ3) is 5.26. The minimum absolute atomic E-state index is 0.693. The standard InChI is InChI=1S/C45H29N3O/c1-5-15-30(16-6-1)38-29-39(48-45(47-38)35-21-11-4-12-22-35)31-25-27-32(28-26-31)40-41-42(33-17-7-2-8-18-33)46-37-24-14-13-23-36(37)44(41)49-43(40)34-19-9-3-10-20-34/h1-29H. The summed E-state index contributed by atoms with van der Waals surface area (Å²) in [6.07, 6.45) is 0. The van der Waals surface area contributed by atoms with Crippen LogP contribution < -0.4 is 0 Å². The number of hydrogen-bond donors (Lipinski definition) is 0. The third-order valence-electron chi connectivity index (χ3n) is 8.91. The molecule has 0 N–H and O–H groups in total. The van der Waals surface area contributed by atoms with Crippen LogP contribution in [0.4, 0.5) is 0 Å². The normalized spacial score (nSPS) is 11.3. The van der Waals surface area contributed by atoms with Crippen molar-refractivity contribution in [2.24, 2.45) is 0 Å². The summed E-state index contributed by atoms with van der Waals surface area (Å²) in [4.78, 5) is 15.3. The first-order chi connectivity index (χ1) is 24.3. The van der Waals surface area contributed by atoms with E-state index in [9.17, 15) is 0 Å². The van der Waals surface area contributed by atoms with E-state index in [2.05, 4.69) is 91.0 Å². The molecule has 3 heterocycles. The van der Waals surface area contributed by atoms with Gasteiger partial charge in [0, 0.05) is 38.8 Å². The fraction of sp³-hybridized carbons (Fsp3) is 0. The molecule has 0 fully saturated rings. The lowest BCUT2D eigenvalue weighted by atomic mass is 9.94. The SMILES string of the molecule is c1ccc(-c2cc(-c3ccc(-c4c(-c5ccccc5)oc5c4c(-c4ccccc4)nc4ccccc45)cc3)nc(-c3ccccc3)n2)cc1. The minimum atomic E-state index is 0.693. The van der Waals surface area contributed by atoms with Crippen molar-refractivity contribution in [3.63, 3.8) is 0 Å². The van der Waals surface area contributed by atoms with Crippen molar-refractivity contribution in [2.45, 2.75) is 0 Å². The van der Waals surface area contributed by atoms with Gasteiger partial charge in [-0.1, -0.05) is 158 Å². The van der Waals surface area contributed by atoms with E-state index in [4.69, 9.17) is 19.4 Å². The number of aromatic nitrogens is 3. The topological polar surface area (TPSA) is 51.8 Å². The average Bonchev–Trinajstić information content (AvgIpc) is 3.60. The number of pyridine rings is 1. The van der Waals surface area contributed by atoms with Crippen LogP contribution in [0.15, 0.2) is 180 Å². The van der Waals surface area contributed by atoms with Crippen molar-refractivity contribution in [3.05, 3.63) is 176 Å². The Morgan fingerprint density at radius 3 is 1.51 bits per heavy atom. The summed E-state index contributed by atoms with van der Waals surface area (Å²) in [5.41, 5.74) is 11.5. The van der Waals surface area contributed by atoms with Gasteiger partial charge < -0.3 is 4.42 Å². The lowest BCUT2D eigenvalue weighted by molar-refractivity contribution is 0.636. The van der Waals surface area contributed by atoms with E-state index in [0.717, 1.165) is 83.7 Å². The van der Waals surface area contributed by atoms with Gasteiger partial charge in [0.1, 0.15) is 11.3 Å². The molecular formula is C45H29N3O. The first kappa shape index (κ1) is 28.6. The molecule has 0 aliphatic carbocycles. The van der Waals surface area contributed by atoms with Crippen LogP contribution in [0.25, 0.3) is 89.5 Å². The first-order valence-corrected chi connectivity index (χ1v) is 16.4. The molecule has 9 rings (SSSR count). The van der Waals surface area contributed by atoms with Gasteiger partial charge in [0.15, 0.2) is 5.82 Å². The molecule has 0 spiro atoms. The predicted molar refractivity (Wildman–Crippen MR) is 200 cm³/mol. The fourth-order valence-electron chi connectivity index (χ4n) is 6.54. The highest BCUT2D eigenvalue weighted by Crippen LogP contribution is 2.46. The smallest absolute Gasteiger partial charge is 0.160 e. The molecule has 4 nitrogen and oxygen atoms in total. The van der Waals surface area contributed by atoms with E-state index in [1.54, 1.807) is 0 Å². The molecule has 0 aliphatic heterocycles. The van der Waals surface area contributed by atoms with Crippen molar-refractivity contribution in [1.29, 1.82) is 0 Å². The predicted octanol–water partition coefficient (Wildman–Crippen LogP) is 11.8. The van der Waals surface area contributed by atoms with Crippen LogP contribution in [-0.4, -0.2) is 15.0 Å². The summed E-state index contributed by atoms with van der Waals surface area (Å²) in [7, 11) is 0. The number of hydrogen-bond acceptors (Lipinski definition) is 4. The van der Waals surface area contributed by atoms with Crippen molar-refractivity contribution in [1.82, 2.24) is 15.0 Å². The van der Waals surface area contributed by atoms with Gasteiger partial charge in [-0.05, 0) is 23.8 Å². The number of benzene rings is 6. The van der Waals surface area contributed by atoms with Crippen LogP contribution >= 0.6 is 0 Å². The summed E-state index contributed by atoms with van der Waals surface area (Å²) in [6.45, 7) is 0. The molecule has 230 valence electrons.